The van der Waals surface area contributed by atoms with Crippen molar-refractivity contribution in [3.05, 3.63) is 0 Å². The van der Waals surface area contributed by atoms with Gasteiger partial charge in [-0.1, -0.05) is 45.4 Å². The number of carboxylic acids is 1. The fraction of sp³-hybridized carbons (Fsp3) is 0.923. The summed E-state index contributed by atoms with van der Waals surface area (Å²) in [6, 6.07) is 0.353. The molecule has 0 aromatic heterocycles. The van der Waals surface area contributed by atoms with Gasteiger partial charge in [-0.05, 0) is 19.3 Å². The molecule has 0 aromatic carbocycles. The summed E-state index contributed by atoms with van der Waals surface area (Å²) in [4.78, 5) is 10.3. The molecule has 3 nitrogen and oxygen atoms in total. The average molecular weight is 229 g/mol. The van der Waals surface area contributed by atoms with E-state index in [-0.39, 0.29) is 0 Å². The van der Waals surface area contributed by atoms with Crippen molar-refractivity contribution in [1.29, 1.82) is 0 Å². The van der Waals surface area contributed by atoms with Crippen LogP contribution >= 0.6 is 0 Å². The summed E-state index contributed by atoms with van der Waals surface area (Å²) < 4.78 is 0. The third-order valence-corrected chi connectivity index (χ3v) is 2.89. The van der Waals surface area contributed by atoms with Crippen molar-refractivity contribution in [3.63, 3.8) is 0 Å². The van der Waals surface area contributed by atoms with Crippen molar-refractivity contribution in [2.24, 2.45) is 5.73 Å². The van der Waals surface area contributed by atoms with E-state index < -0.39 is 5.97 Å². The zero-order valence-electron chi connectivity index (χ0n) is 10.6. The van der Waals surface area contributed by atoms with E-state index in [1.165, 1.54) is 19.3 Å². The Morgan fingerprint density at radius 2 is 1.62 bits per heavy atom. The molecule has 3 heteroatoms. The van der Waals surface area contributed by atoms with E-state index in [1.807, 2.05) is 0 Å². The molecule has 0 aromatic rings. The summed E-state index contributed by atoms with van der Waals surface area (Å²) in [5.41, 5.74) is 5.98. The average Bonchev–Trinajstić information content (AvgIpc) is 2.23. The molecule has 96 valence electrons. The highest BCUT2D eigenvalue weighted by atomic mass is 16.4. The molecule has 0 saturated heterocycles. The van der Waals surface area contributed by atoms with Gasteiger partial charge in [-0.25, -0.2) is 0 Å². The second kappa shape index (κ2) is 10.9. The quantitative estimate of drug-likeness (QED) is 0.534. The minimum absolute atomic E-state index is 0.308. The van der Waals surface area contributed by atoms with Crippen molar-refractivity contribution >= 4 is 5.97 Å². The van der Waals surface area contributed by atoms with E-state index in [0.29, 0.717) is 12.5 Å². The van der Waals surface area contributed by atoms with Gasteiger partial charge in [-0.3, -0.25) is 4.79 Å². The number of carboxylic acid groups (broad SMARTS) is 1. The molecule has 1 unspecified atom stereocenters. The number of nitrogens with two attached hydrogens (primary N) is 1. The first kappa shape index (κ1) is 15.4. The topological polar surface area (TPSA) is 63.3 Å². The Morgan fingerprint density at radius 3 is 2.19 bits per heavy atom. The third kappa shape index (κ3) is 11.5. The Kier molecular flexibility index (Phi) is 10.5. The van der Waals surface area contributed by atoms with Gasteiger partial charge in [0.1, 0.15) is 0 Å². The summed E-state index contributed by atoms with van der Waals surface area (Å²) >= 11 is 0. The van der Waals surface area contributed by atoms with Crippen molar-refractivity contribution in [2.75, 3.05) is 0 Å². The normalized spacial score (nSPS) is 12.6. The first-order chi connectivity index (χ1) is 7.66. The van der Waals surface area contributed by atoms with E-state index >= 15 is 0 Å². The standard InChI is InChI=1S/C13H27NO2/c1-2-3-6-9-12(14)10-7-4-5-8-11-13(15)16/h12H,2-11,14H2,1H3,(H,15,16). The molecule has 3 N–H and O–H groups in total. The number of carbonyl (C=O) groups is 1. The zero-order chi connectivity index (χ0) is 12.2. The summed E-state index contributed by atoms with van der Waals surface area (Å²) in [6.45, 7) is 2.20. The molecule has 0 amide bonds. The van der Waals surface area contributed by atoms with E-state index in [4.69, 9.17) is 10.8 Å². The van der Waals surface area contributed by atoms with Gasteiger partial charge in [0.15, 0.2) is 0 Å². The van der Waals surface area contributed by atoms with Gasteiger partial charge in [0.2, 0.25) is 0 Å². The summed E-state index contributed by atoms with van der Waals surface area (Å²) in [7, 11) is 0. The third-order valence-electron chi connectivity index (χ3n) is 2.89. The summed E-state index contributed by atoms with van der Waals surface area (Å²) in [6.07, 6.45) is 10.4. The smallest absolute Gasteiger partial charge is 0.303 e. The van der Waals surface area contributed by atoms with Crippen LogP contribution in [0.3, 0.4) is 0 Å². The zero-order valence-corrected chi connectivity index (χ0v) is 10.6. The minimum Gasteiger partial charge on any atom is -0.481 e. The fourth-order valence-corrected chi connectivity index (χ4v) is 1.84. The molecule has 0 spiro atoms. The highest BCUT2D eigenvalue weighted by molar-refractivity contribution is 5.66. The second-order valence-corrected chi connectivity index (χ2v) is 4.60. The summed E-state index contributed by atoms with van der Waals surface area (Å²) in [5.74, 6) is -0.684. The van der Waals surface area contributed by atoms with Crippen LogP contribution in [0.1, 0.15) is 71.1 Å². The van der Waals surface area contributed by atoms with Crippen LogP contribution in [0.25, 0.3) is 0 Å². The Balaban J connectivity index is 3.14. The van der Waals surface area contributed by atoms with Gasteiger partial charge in [0.25, 0.3) is 0 Å². The lowest BCUT2D eigenvalue weighted by Crippen LogP contribution is -2.19. The fourth-order valence-electron chi connectivity index (χ4n) is 1.84. The van der Waals surface area contributed by atoms with Gasteiger partial charge >= 0.3 is 5.97 Å². The van der Waals surface area contributed by atoms with Gasteiger partial charge in [-0.2, -0.15) is 0 Å². The number of aliphatic carboxylic acids is 1. The molecular weight excluding hydrogens is 202 g/mol. The van der Waals surface area contributed by atoms with Gasteiger partial charge in [-0.15, -0.1) is 0 Å². The molecule has 0 fully saturated rings. The molecule has 16 heavy (non-hydrogen) atoms. The number of hydrogen-bond acceptors (Lipinski definition) is 2. The van der Waals surface area contributed by atoms with Crippen molar-refractivity contribution in [2.45, 2.75) is 77.2 Å². The van der Waals surface area contributed by atoms with Crippen molar-refractivity contribution in [1.82, 2.24) is 0 Å². The van der Waals surface area contributed by atoms with Crippen LogP contribution in [0.4, 0.5) is 0 Å². The van der Waals surface area contributed by atoms with Crippen molar-refractivity contribution < 1.29 is 9.90 Å². The maximum atomic E-state index is 10.3. The molecule has 0 aliphatic rings. The van der Waals surface area contributed by atoms with E-state index in [9.17, 15) is 4.79 Å². The van der Waals surface area contributed by atoms with Gasteiger partial charge in [0.05, 0.1) is 0 Å². The molecule has 0 bridgehead atoms. The van der Waals surface area contributed by atoms with Gasteiger partial charge in [0, 0.05) is 12.5 Å². The predicted octanol–water partition coefficient (Wildman–Crippen LogP) is 3.32. The van der Waals surface area contributed by atoms with Crippen LogP contribution in [-0.2, 0) is 4.79 Å². The van der Waals surface area contributed by atoms with Crippen LogP contribution in [0.2, 0.25) is 0 Å². The van der Waals surface area contributed by atoms with E-state index in [0.717, 1.165) is 38.5 Å². The Bertz CT molecular complexity index is 171. The summed E-state index contributed by atoms with van der Waals surface area (Å²) in [5, 5.41) is 8.46. The molecule has 0 radical (unpaired) electrons. The number of unbranched alkanes of at least 4 members (excludes halogenated alkanes) is 5. The van der Waals surface area contributed by atoms with Crippen LogP contribution < -0.4 is 5.73 Å². The monoisotopic (exact) mass is 229 g/mol. The largest absolute Gasteiger partial charge is 0.481 e. The maximum absolute atomic E-state index is 10.3. The lowest BCUT2D eigenvalue weighted by molar-refractivity contribution is -0.137. The molecule has 0 aliphatic carbocycles. The molecule has 0 aliphatic heterocycles. The predicted molar refractivity (Wildman–Crippen MR) is 67.5 cm³/mol. The van der Waals surface area contributed by atoms with Crippen LogP contribution in [0.5, 0.6) is 0 Å². The Hall–Kier alpha value is -0.570. The van der Waals surface area contributed by atoms with E-state index in [2.05, 4.69) is 6.92 Å². The second-order valence-electron chi connectivity index (χ2n) is 4.60. The lowest BCUT2D eigenvalue weighted by atomic mass is 10.0. The van der Waals surface area contributed by atoms with E-state index in [1.54, 1.807) is 0 Å². The van der Waals surface area contributed by atoms with Crippen LogP contribution in [0, 0.1) is 0 Å². The molecule has 0 rings (SSSR count). The lowest BCUT2D eigenvalue weighted by Gasteiger charge is -2.10. The highest BCUT2D eigenvalue weighted by Gasteiger charge is 2.02. The van der Waals surface area contributed by atoms with Gasteiger partial charge < -0.3 is 10.8 Å². The molecule has 0 saturated carbocycles. The SMILES string of the molecule is CCCCCC(N)CCCCCCC(=O)O. The minimum atomic E-state index is -0.684. The maximum Gasteiger partial charge on any atom is 0.303 e. The Labute approximate surface area is 99.4 Å². The van der Waals surface area contributed by atoms with Crippen LogP contribution in [0.15, 0.2) is 0 Å². The van der Waals surface area contributed by atoms with Crippen LogP contribution in [-0.4, -0.2) is 17.1 Å². The van der Waals surface area contributed by atoms with Crippen molar-refractivity contribution in [3.8, 4) is 0 Å². The highest BCUT2D eigenvalue weighted by Crippen LogP contribution is 2.10. The molecular formula is C13H27NO2. The number of hydrogen-bond donors (Lipinski definition) is 2. The first-order valence-electron chi connectivity index (χ1n) is 6.64. The Morgan fingerprint density at radius 1 is 1.06 bits per heavy atom. The molecule has 0 heterocycles. The first-order valence-corrected chi connectivity index (χ1v) is 6.64. The molecule has 1 atom stereocenters. The number of rotatable bonds is 11.